The normalized spacial score (nSPS) is 12.0. The van der Waals surface area contributed by atoms with Crippen LogP contribution in [-0.4, -0.2) is 19.7 Å². The van der Waals surface area contributed by atoms with Crippen LogP contribution in [0.2, 0.25) is 5.15 Å². The lowest BCUT2D eigenvalue weighted by atomic mass is 10.2. The maximum Gasteiger partial charge on any atom is 0.416 e. The van der Waals surface area contributed by atoms with Gasteiger partial charge in [0.2, 0.25) is 0 Å². The Morgan fingerprint density at radius 1 is 1.19 bits per heavy atom. The molecule has 0 amide bonds. The molecule has 8 heteroatoms. The highest BCUT2D eigenvalue weighted by Crippen LogP contribution is 2.31. The highest BCUT2D eigenvalue weighted by atomic mass is 35.5. The van der Waals surface area contributed by atoms with Gasteiger partial charge in [-0.25, -0.2) is 14.6 Å². The van der Waals surface area contributed by atoms with E-state index in [1.165, 1.54) is 23.0 Å². The summed E-state index contributed by atoms with van der Waals surface area (Å²) >= 11 is 5.98. The molecule has 108 valence electrons. The van der Waals surface area contributed by atoms with Crippen LogP contribution in [0.1, 0.15) is 11.4 Å². The van der Waals surface area contributed by atoms with Crippen molar-refractivity contribution >= 4 is 22.6 Å². The largest absolute Gasteiger partial charge is 0.416 e. The molecule has 0 aliphatic carbocycles. The fourth-order valence-electron chi connectivity index (χ4n) is 1.98. The fraction of sp³-hybridized carbons (Fsp3) is 0.154. The summed E-state index contributed by atoms with van der Waals surface area (Å²) in [5.41, 5.74) is -0.124. The number of halogens is 4. The van der Waals surface area contributed by atoms with Crippen LogP contribution >= 0.6 is 11.6 Å². The van der Waals surface area contributed by atoms with Gasteiger partial charge in [-0.2, -0.15) is 18.3 Å². The molecule has 0 aliphatic rings. The molecule has 0 aliphatic heterocycles. The lowest BCUT2D eigenvalue weighted by Gasteiger charge is -2.09. The maximum atomic E-state index is 12.8. The summed E-state index contributed by atoms with van der Waals surface area (Å²) in [7, 11) is 0. The molecule has 1 aromatic carbocycles. The Morgan fingerprint density at radius 2 is 1.95 bits per heavy atom. The first-order valence-electron chi connectivity index (χ1n) is 5.92. The third-order valence-electron chi connectivity index (χ3n) is 2.91. The standard InChI is InChI=1S/C13H8ClF3N4/c1-7-19-11(14)10-6-18-21(12(10)20-7)9-4-2-3-8(5-9)13(15,16)17/h2-6H,1H3. The quantitative estimate of drug-likeness (QED) is 0.642. The average molecular weight is 313 g/mol. The van der Waals surface area contributed by atoms with Gasteiger partial charge in [0.15, 0.2) is 5.65 Å². The molecule has 0 saturated carbocycles. The number of aromatic nitrogens is 4. The first kappa shape index (κ1) is 13.8. The first-order valence-corrected chi connectivity index (χ1v) is 6.29. The summed E-state index contributed by atoms with van der Waals surface area (Å²) < 4.78 is 39.6. The van der Waals surface area contributed by atoms with Crippen LogP contribution in [0.25, 0.3) is 16.7 Å². The first-order chi connectivity index (χ1) is 9.86. The molecule has 3 aromatic rings. The topological polar surface area (TPSA) is 43.6 Å². The van der Waals surface area contributed by atoms with Gasteiger partial charge in [-0.15, -0.1) is 0 Å². The SMILES string of the molecule is Cc1nc(Cl)c2cnn(-c3cccc(C(F)(F)F)c3)c2n1. The molecular formula is C13H8ClF3N4. The highest BCUT2D eigenvalue weighted by molar-refractivity contribution is 6.33. The fourth-order valence-corrected chi connectivity index (χ4v) is 2.23. The van der Waals surface area contributed by atoms with E-state index in [-0.39, 0.29) is 10.8 Å². The van der Waals surface area contributed by atoms with Crippen molar-refractivity contribution in [3.05, 3.63) is 47.0 Å². The molecule has 2 heterocycles. The monoisotopic (exact) mass is 312 g/mol. The van der Waals surface area contributed by atoms with Crippen molar-refractivity contribution in [3.8, 4) is 5.69 Å². The van der Waals surface area contributed by atoms with Gasteiger partial charge in [-0.05, 0) is 25.1 Å². The van der Waals surface area contributed by atoms with Crippen molar-refractivity contribution in [2.24, 2.45) is 0 Å². The lowest BCUT2D eigenvalue weighted by molar-refractivity contribution is -0.137. The Morgan fingerprint density at radius 3 is 2.67 bits per heavy atom. The zero-order valence-corrected chi connectivity index (χ0v) is 11.4. The molecule has 0 radical (unpaired) electrons. The third kappa shape index (κ3) is 2.44. The van der Waals surface area contributed by atoms with E-state index in [1.807, 2.05) is 0 Å². The summed E-state index contributed by atoms with van der Waals surface area (Å²) in [4.78, 5) is 8.17. The number of hydrogen-bond acceptors (Lipinski definition) is 3. The predicted molar refractivity (Wildman–Crippen MR) is 71.4 cm³/mol. The lowest BCUT2D eigenvalue weighted by Crippen LogP contribution is -2.07. The Labute approximate surface area is 122 Å². The average Bonchev–Trinajstić information content (AvgIpc) is 2.82. The van der Waals surface area contributed by atoms with Crippen LogP contribution in [0.5, 0.6) is 0 Å². The van der Waals surface area contributed by atoms with Crippen molar-refractivity contribution in [3.63, 3.8) is 0 Å². The van der Waals surface area contributed by atoms with E-state index in [4.69, 9.17) is 11.6 Å². The number of hydrogen-bond donors (Lipinski definition) is 0. The number of alkyl halides is 3. The van der Waals surface area contributed by atoms with Gasteiger partial charge in [0.05, 0.1) is 22.8 Å². The van der Waals surface area contributed by atoms with Crippen molar-refractivity contribution in [1.29, 1.82) is 0 Å². The maximum absolute atomic E-state index is 12.8. The summed E-state index contributed by atoms with van der Waals surface area (Å²) in [6.45, 7) is 1.65. The molecular weight excluding hydrogens is 305 g/mol. The molecule has 4 nitrogen and oxygen atoms in total. The van der Waals surface area contributed by atoms with Gasteiger partial charge in [0, 0.05) is 0 Å². The van der Waals surface area contributed by atoms with Crippen molar-refractivity contribution in [2.75, 3.05) is 0 Å². The van der Waals surface area contributed by atoms with E-state index in [1.54, 1.807) is 6.92 Å². The smallest absolute Gasteiger partial charge is 0.221 e. The van der Waals surface area contributed by atoms with Crippen molar-refractivity contribution < 1.29 is 13.2 Å². The van der Waals surface area contributed by atoms with E-state index in [0.29, 0.717) is 16.9 Å². The molecule has 0 atom stereocenters. The number of rotatable bonds is 1. The van der Waals surface area contributed by atoms with Crippen LogP contribution in [0, 0.1) is 6.92 Å². The van der Waals surface area contributed by atoms with E-state index < -0.39 is 11.7 Å². The number of nitrogens with zero attached hydrogens (tertiary/aromatic N) is 4. The van der Waals surface area contributed by atoms with E-state index in [9.17, 15) is 13.2 Å². The Kier molecular flexibility index (Phi) is 3.09. The van der Waals surface area contributed by atoms with Crippen LogP contribution in [0.3, 0.4) is 0 Å². The van der Waals surface area contributed by atoms with Crippen molar-refractivity contribution in [2.45, 2.75) is 13.1 Å². The Hall–Kier alpha value is -2.15. The number of fused-ring (bicyclic) bond motifs is 1. The highest BCUT2D eigenvalue weighted by Gasteiger charge is 2.30. The van der Waals surface area contributed by atoms with E-state index in [2.05, 4.69) is 15.1 Å². The second-order valence-corrected chi connectivity index (χ2v) is 4.76. The molecule has 0 saturated heterocycles. The number of benzene rings is 1. The Bertz CT molecular complexity index is 826. The molecule has 0 bridgehead atoms. The zero-order chi connectivity index (χ0) is 15.2. The molecule has 0 spiro atoms. The summed E-state index contributed by atoms with van der Waals surface area (Å²) in [6.07, 6.45) is -2.99. The third-order valence-corrected chi connectivity index (χ3v) is 3.20. The van der Waals surface area contributed by atoms with Crippen LogP contribution in [-0.2, 0) is 6.18 Å². The van der Waals surface area contributed by atoms with Crippen molar-refractivity contribution in [1.82, 2.24) is 19.7 Å². The minimum atomic E-state index is -4.42. The second-order valence-electron chi connectivity index (χ2n) is 4.40. The minimum absolute atomic E-state index is 0.218. The number of aryl methyl sites for hydroxylation is 1. The molecule has 3 rings (SSSR count). The molecule has 0 N–H and O–H groups in total. The second kappa shape index (κ2) is 4.70. The Balaban J connectivity index is 2.22. The van der Waals surface area contributed by atoms with Crippen LogP contribution < -0.4 is 0 Å². The van der Waals surface area contributed by atoms with E-state index in [0.717, 1.165) is 12.1 Å². The summed E-state index contributed by atoms with van der Waals surface area (Å²) in [5.74, 6) is 0.418. The predicted octanol–water partition coefficient (Wildman–Crippen LogP) is 3.80. The van der Waals surface area contributed by atoms with Gasteiger partial charge in [0.25, 0.3) is 0 Å². The molecule has 0 unspecified atom stereocenters. The summed E-state index contributed by atoms with van der Waals surface area (Å²) in [5, 5.41) is 4.76. The van der Waals surface area contributed by atoms with Gasteiger partial charge < -0.3 is 0 Å². The van der Waals surface area contributed by atoms with Gasteiger partial charge in [-0.3, -0.25) is 0 Å². The van der Waals surface area contributed by atoms with Crippen LogP contribution in [0.15, 0.2) is 30.5 Å². The molecule has 0 fully saturated rings. The van der Waals surface area contributed by atoms with E-state index >= 15 is 0 Å². The van der Waals surface area contributed by atoms with Crippen LogP contribution in [0.4, 0.5) is 13.2 Å². The van der Waals surface area contributed by atoms with Gasteiger partial charge in [-0.1, -0.05) is 17.7 Å². The van der Waals surface area contributed by atoms with Gasteiger partial charge in [0.1, 0.15) is 11.0 Å². The molecule has 21 heavy (non-hydrogen) atoms. The zero-order valence-electron chi connectivity index (χ0n) is 10.7. The summed E-state index contributed by atoms with van der Waals surface area (Å²) in [6, 6.07) is 4.86. The van der Waals surface area contributed by atoms with Gasteiger partial charge >= 0.3 is 6.18 Å². The molecule has 2 aromatic heterocycles. The minimum Gasteiger partial charge on any atom is -0.221 e.